The molecule has 0 radical (unpaired) electrons. The van der Waals surface area contributed by atoms with Gasteiger partial charge in [0, 0.05) is 5.39 Å². The van der Waals surface area contributed by atoms with Crippen LogP contribution in [0.2, 0.25) is 0 Å². The zero-order chi connectivity index (χ0) is 33.3. The molecule has 0 unspecified atom stereocenters. The van der Waals surface area contributed by atoms with E-state index in [0.29, 0.717) is 5.75 Å². The Kier molecular flexibility index (Phi) is 15.6. The van der Waals surface area contributed by atoms with Crippen molar-refractivity contribution < 1.29 is 14.7 Å². The summed E-state index contributed by atoms with van der Waals surface area (Å²) in [4.78, 5) is 0. The summed E-state index contributed by atoms with van der Waals surface area (Å²) in [6, 6.07) is 33.8. The average molecular weight is 653 g/mol. The predicted molar refractivity (Wildman–Crippen MR) is 211 cm³/mol. The molecule has 0 amide bonds. The van der Waals surface area contributed by atoms with Gasteiger partial charge in [0.25, 0.3) is 0 Å². The Labute approximate surface area is 285 Å². The number of benzene rings is 5. The van der Waals surface area contributed by atoms with E-state index in [2.05, 4.69) is 81.4 Å². The van der Waals surface area contributed by atoms with Crippen LogP contribution in [0.4, 0.5) is 0 Å². The largest absolute Gasteiger partial charge is 0.707 e. The molecular weight excluding hydrogens is 594 g/mol. The zero-order valence-electron chi connectivity index (χ0n) is 29.2. The van der Waals surface area contributed by atoms with Crippen molar-refractivity contribution >= 4 is 52.2 Å². The van der Waals surface area contributed by atoms with Crippen molar-refractivity contribution in [2.75, 3.05) is 18.5 Å². The number of unbranched alkanes of at least 4 members (excludes halogenated alkanes) is 9. The van der Waals surface area contributed by atoms with Gasteiger partial charge in [-0.2, -0.15) is 0 Å². The molecule has 0 aliphatic rings. The molecule has 5 heteroatoms. The minimum Gasteiger partial charge on any atom is -0.511 e. The van der Waals surface area contributed by atoms with Crippen molar-refractivity contribution in [1.29, 1.82) is 0 Å². The maximum absolute atomic E-state index is 9.14. The van der Waals surface area contributed by atoms with Crippen LogP contribution in [0.5, 0.6) is 5.75 Å². The summed E-state index contributed by atoms with van der Waals surface area (Å²) >= 11 is 0. The van der Waals surface area contributed by atoms with Gasteiger partial charge < -0.3 is 14.7 Å². The summed E-state index contributed by atoms with van der Waals surface area (Å²) in [5.41, 5.74) is 0. The molecule has 0 aliphatic heterocycles. The minimum absolute atomic E-state index is 0.466. The average Bonchev–Trinajstić information content (AvgIpc) is 3.09. The van der Waals surface area contributed by atoms with E-state index in [-0.39, 0.29) is 0 Å². The maximum Gasteiger partial charge on any atom is 0.707 e. The third-order valence-electron chi connectivity index (χ3n) is 9.83. The van der Waals surface area contributed by atoms with E-state index in [1.165, 1.54) is 101 Å². The van der Waals surface area contributed by atoms with Gasteiger partial charge in [-0.3, -0.25) is 0 Å². The fourth-order valence-corrected chi connectivity index (χ4v) is 12.5. The molecule has 0 aliphatic carbocycles. The van der Waals surface area contributed by atoms with Crippen molar-refractivity contribution in [3.8, 4) is 5.75 Å². The second kappa shape index (κ2) is 19.8. The van der Waals surface area contributed by atoms with Gasteiger partial charge in [0.1, 0.15) is 5.75 Å². The minimum atomic E-state index is -1.83. The van der Waals surface area contributed by atoms with Crippen LogP contribution in [0, 0.1) is 0 Å². The van der Waals surface area contributed by atoms with Crippen molar-refractivity contribution in [3.63, 3.8) is 0 Å². The monoisotopic (exact) mass is 652 g/mol. The molecule has 0 saturated heterocycles. The molecule has 252 valence electrons. The van der Waals surface area contributed by atoms with Gasteiger partial charge in [0.2, 0.25) is 0 Å². The first-order valence-corrected chi connectivity index (χ1v) is 21.1. The maximum atomic E-state index is 9.14. The molecule has 0 fully saturated rings. The third-order valence-corrected chi connectivity index (χ3v) is 15.3. The Morgan fingerprint density at radius 2 is 1.02 bits per heavy atom. The van der Waals surface area contributed by atoms with Crippen LogP contribution >= 0.6 is 7.26 Å². The second-order valence-corrected chi connectivity index (χ2v) is 18.0. The molecule has 3 nitrogen and oxygen atoms in total. The standard InChI is InChI=1S/C24H45P.C18H13BO3/c1-4-7-10-16-21-25(22-17-11-8-5-2,23-18-12-9-6-3)24-19-14-13-15-20-24;20-19(21)22-17-7-3-6-12-8-9-15-10-13-4-1-2-5-14(13)11-16(15)18(12)17/h13-15,19-20,25H,4-12,16-18,21-23H2,1-3H3;1-11,20-21H. The first-order valence-electron chi connectivity index (χ1n) is 18.4. The van der Waals surface area contributed by atoms with Crippen LogP contribution in [0.25, 0.3) is 32.3 Å². The van der Waals surface area contributed by atoms with Crippen LogP contribution in [-0.4, -0.2) is 35.9 Å². The fraction of sp³-hybridized carbons (Fsp3) is 0.429. The smallest absolute Gasteiger partial charge is 0.511 e. The van der Waals surface area contributed by atoms with Crippen molar-refractivity contribution in [2.45, 2.75) is 97.8 Å². The molecule has 5 rings (SSSR count). The SMILES string of the molecule is CCCCCC[PH](CCCCCC)(CCCCCC)c1ccccc1.OB(O)Oc1cccc2ccc3cc4ccccc4cc3c12. The van der Waals surface area contributed by atoms with E-state index in [4.69, 9.17) is 14.7 Å². The summed E-state index contributed by atoms with van der Waals surface area (Å²) in [6.07, 6.45) is 21.7. The van der Waals surface area contributed by atoms with E-state index in [0.717, 1.165) is 26.9 Å². The molecule has 0 atom stereocenters. The van der Waals surface area contributed by atoms with Gasteiger partial charge >= 0.3 is 167 Å². The van der Waals surface area contributed by atoms with Crippen LogP contribution in [0.15, 0.2) is 97.1 Å². The number of hydrogen-bond acceptors (Lipinski definition) is 3. The summed E-state index contributed by atoms with van der Waals surface area (Å²) in [6.45, 7) is 6.99. The summed E-state index contributed by atoms with van der Waals surface area (Å²) in [5, 5.41) is 26.4. The Morgan fingerprint density at radius 3 is 1.57 bits per heavy atom. The molecule has 2 N–H and O–H groups in total. The third kappa shape index (κ3) is 10.8. The Bertz CT molecular complexity index is 1590. The number of hydrogen-bond donors (Lipinski definition) is 2. The molecule has 47 heavy (non-hydrogen) atoms. The topological polar surface area (TPSA) is 49.7 Å². The molecule has 0 spiro atoms. The van der Waals surface area contributed by atoms with Gasteiger partial charge in [0.15, 0.2) is 0 Å². The molecular formula is C42H58BO3P. The molecule has 0 saturated carbocycles. The van der Waals surface area contributed by atoms with Crippen LogP contribution < -0.4 is 9.96 Å². The van der Waals surface area contributed by atoms with E-state index < -0.39 is 14.6 Å². The number of rotatable bonds is 18. The zero-order valence-corrected chi connectivity index (χ0v) is 30.2. The van der Waals surface area contributed by atoms with Gasteiger partial charge in [-0.25, -0.2) is 0 Å². The molecule has 5 aromatic rings. The first-order chi connectivity index (χ1) is 23.0. The summed E-state index contributed by atoms with van der Waals surface area (Å²) in [7, 11) is -3.15. The van der Waals surface area contributed by atoms with Gasteiger partial charge in [-0.05, 0) is 45.1 Å². The van der Waals surface area contributed by atoms with E-state index in [9.17, 15) is 0 Å². The van der Waals surface area contributed by atoms with E-state index in [1.807, 2.05) is 30.3 Å². The Morgan fingerprint density at radius 1 is 0.511 bits per heavy atom. The Balaban J connectivity index is 0.000000214. The van der Waals surface area contributed by atoms with E-state index >= 15 is 0 Å². The Hall–Kier alpha value is -2.91. The quantitative estimate of drug-likeness (QED) is 0.0326. The van der Waals surface area contributed by atoms with Gasteiger partial charge in [0.05, 0.1) is 0 Å². The van der Waals surface area contributed by atoms with Crippen LogP contribution in [-0.2, 0) is 0 Å². The number of fused-ring (bicyclic) bond motifs is 4. The van der Waals surface area contributed by atoms with Gasteiger partial charge in [-0.1, -0.05) is 48.5 Å². The first kappa shape index (κ1) is 36.9. The second-order valence-electron chi connectivity index (χ2n) is 13.4. The molecule has 0 aromatic heterocycles. The normalized spacial score (nSPS) is 11.9. The predicted octanol–water partition coefficient (Wildman–Crippen LogP) is 11.3. The van der Waals surface area contributed by atoms with Crippen LogP contribution in [0.1, 0.15) is 97.8 Å². The van der Waals surface area contributed by atoms with Crippen molar-refractivity contribution in [3.05, 3.63) is 97.1 Å². The van der Waals surface area contributed by atoms with Gasteiger partial charge in [-0.15, -0.1) is 0 Å². The molecule has 0 heterocycles. The summed E-state index contributed by atoms with van der Waals surface area (Å²) in [5.74, 6) is 0.466. The van der Waals surface area contributed by atoms with Crippen molar-refractivity contribution in [2.24, 2.45) is 0 Å². The van der Waals surface area contributed by atoms with Crippen LogP contribution in [0.3, 0.4) is 0 Å². The van der Waals surface area contributed by atoms with E-state index in [1.54, 1.807) is 11.4 Å². The molecule has 5 aromatic carbocycles. The fourth-order valence-electron chi connectivity index (χ4n) is 7.25. The van der Waals surface area contributed by atoms with Crippen molar-refractivity contribution in [1.82, 2.24) is 0 Å². The molecule has 0 bridgehead atoms. The summed E-state index contributed by atoms with van der Waals surface area (Å²) < 4.78 is 5.16.